The first-order chi connectivity index (χ1) is 9.33. The standard InChI is InChI=1S/C13H13N5S/c14-11-2-1-10-12(16-8-17-13(10)18-11)15-5-3-9-4-6-19-7-9/h1-2,4,6-8H,3,5H2,(H3,14,15,16,17,18). The molecule has 0 bridgehead atoms. The molecule has 19 heavy (non-hydrogen) atoms. The fourth-order valence-electron chi connectivity index (χ4n) is 1.86. The fraction of sp³-hybridized carbons (Fsp3) is 0.154. The summed E-state index contributed by atoms with van der Waals surface area (Å²) in [4.78, 5) is 12.6. The number of nitrogens with zero attached hydrogens (tertiary/aromatic N) is 3. The number of anilines is 2. The number of nitrogen functional groups attached to an aromatic ring is 1. The number of fused-ring (bicyclic) bond motifs is 1. The summed E-state index contributed by atoms with van der Waals surface area (Å²) >= 11 is 1.71. The number of hydrogen-bond donors (Lipinski definition) is 2. The third-order valence-corrected chi connectivity index (χ3v) is 3.54. The Balaban J connectivity index is 1.77. The maximum Gasteiger partial charge on any atom is 0.166 e. The lowest BCUT2D eigenvalue weighted by atomic mass is 10.2. The molecule has 3 rings (SSSR count). The first kappa shape index (κ1) is 11.9. The minimum Gasteiger partial charge on any atom is -0.384 e. The largest absolute Gasteiger partial charge is 0.384 e. The average Bonchev–Trinajstić information content (AvgIpc) is 2.92. The van der Waals surface area contributed by atoms with Gasteiger partial charge in [-0.3, -0.25) is 0 Å². The molecule has 3 aromatic rings. The van der Waals surface area contributed by atoms with Crippen LogP contribution in [-0.2, 0) is 6.42 Å². The highest BCUT2D eigenvalue weighted by Gasteiger charge is 2.04. The predicted octanol–water partition coefficient (Wildman–Crippen LogP) is 2.32. The number of thiophene rings is 1. The second kappa shape index (κ2) is 5.19. The van der Waals surface area contributed by atoms with Crippen molar-refractivity contribution in [1.82, 2.24) is 15.0 Å². The van der Waals surface area contributed by atoms with Crippen molar-refractivity contribution in [3.05, 3.63) is 40.8 Å². The number of rotatable bonds is 4. The topological polar surface area (TPSA) is 76.7 Å². The summed E-state index contributed by atoms with van der Waals surface area (Å²) in [5.41, 5.74) is 7.60. The van der Waals surface area contributed by atoms with E-state index in [-0.39, 0.29) is 0 Å². The van der Waals surface area contributed by atoms with Crippen molar-refractivity contribution in [3.8, 4) is 0 Å². The molecule has 0 aliphatic carbocycles. The van der Waals surface area contributed by atoms with Crippen LogP contribution in [0.5, 0.6) is 0 Å². The molecule has 6 heteroatoms. The molecule has 0 aromatic carbocycles. The lowest BCUT2D eigenvalue weighted by Gasteiger charge is -2.07. The Hall–Kier alpha value is -2.21. The minimum absolute atomic E-state index is 0.468. The number of pyridine rings is 1. The van der Waals surface area contributed by atoms with E-state index in [4.69, 9.17) is 5.73 Å². The van der Waals surface area contributed by atoms with Crippen LogP contribution in [0.2, 0.25) is 0 Å². The number of nitrogens with one attached hydrogen (secondary N) is 1. The van der Waals surface area contributed by atoms with Gasteiger partial charge in [-0.25, -0.2) is 15.0 Å². The van der Waals surface area contributed by atoms with Crippen molar-refractivity contribution in [3.63, 3.8) is 0 Å². The Morgan fingerprint density at radius 3 is 3.00 bits per heavy atom. The van der Waals surface area contributed by atoms with Crippen LogP contribution in [0.3, 0.4) is 0 Å². The summed E-state index contributed by atoms with van der Waals surface area (Å²) in [6.07, 6.45) is 2.47. The van der Waals surface area contributed by atoms with Crippen LogP contribution < -0.4 is 11.1 Å². The Kier molecular flexibility index (Phi) is 3.24. The SMILES string of the molecule is Nc1ccc2c(NCCc3ccsc3)ncnc2n1. The molecule has 0 saturated carbocycles. The smallest absolute Gasteiger partial charge is 0.166 e. The number of hydrogen-bond acceptors (Lipinski definition) is 6. The Morgan fingerprint density at radius 2 is 2.16 bits per heavy atom. The first-order valence-electron chi connectivity index (χ1n) is 5.95. The van der Waals surface area contributed by atoms with Crippen LogP contribution in [0.1, 0.15) is 5.56 Å². The molecule has 0 atom stereocenters. The van der Waals surface area contributed by atoms with Gasteiger partial charge in [0.05, 0.1) is 5.39 Å². The fourth-order valence-corrected chi connectivity index (χ4v) is 2.56. The molecule has 0 radical (unpaired) electrons. The maximum atomic E-state index is 5.65. The minimum atomic E-state index is 0.468. The monoisotopic (exact) mass is 271 g/mol. The van der Waals surface area contributed by atoms with Crippen LogP contribution in [0.15, 0.2) is 35.3 Å². The molecule has 0 aliphatic rings. The van der Waals surface area contributed by atoms with Gasteiger partial charge in [0.1, 0.15) is 18.0 Å². The van der Waals surface area contributed by atoms with Crippen molar-refractivity contribution in [2.75, 3.05) is 17.6 Å². The quantitative estimate of drug-likeness (QED) is 0.761. The van der Waals surface area contributed by atoms with Crippen LogP contribution in [0.25, 0.3) is 11.0 Å². The second-order valence-electron chi connectivity index (χ2n) is 4.14. The highest BCUT2D eigenvalue weighted by molar-refractivity contribution is 7.07. The highest BCUT2D eigenvalue weighted by Crippen LogP contribution is 2.18. The highest BCUT2D eigenvalue weighted by atomic mass is 32.1. The van der Waals surface area contributed by atoms with Gasteiger partial charge in [0.2, 0.25) is 0 Å². The van der Waals surface area contributed by atoms with E-state index in [1.54, 1.807) is 17.4 Å². The molecule has 5 nitrogen and oxygen atoms in total. The van der Waals surface area contributed by atoms with Gasteiger partial charge in [0.15, 0.2) is 5.65 Å². The molecule has 0 fully saturated rings. The number of nitrogens with two attached hydrogens (primary N) is 1. The zero-order valence-electron chi connectivity index (χ0n) is 10.2. The van der Waals surface area contributed by atoms with Crippen molar-refractivity contribution in [2.45, 2.75) is 6.42 Å². The lowest BCUT2D eigenvalue weighted by molar-refractivity contribution is 1.01. The first-order valence-corrected chi connectivity index (χ1v) is 6.89. The van der Waals surface area contributed by atoms with Crippen molar-refractivity contribution >= 4 is 34.0 Å². The van der Waals surface area contributed by atoms with E-state index < -0.39 is 0 Å². The van der Waals surface area contributed by atoms with Crippen molar-refractivity contribution in [2.24, 2.45) is 0 Å². The zero-order valence-corrected chi connectivity index (χ0v) is 11.0. The maximum absolute atomic E-state index is 5.65. The Labute approximate surface area is 114 Å². The molecule has 0 amide bonds. The molecule has 0 aliphatic heterocycles. The second-order valence-corrected chi connectivity index (χ2v) is 4.92. The van der Waals surface area contributed by atoms with Gasteiger partial charge >= 0.3 is 0 Å². The molecule has 3 heterocycles. The van der Waals surface area contributed by atoms with Crippen LogP contribution in [-0.4, -0.2) is 21.5 Å². The molecule has 96 valence electrons. The van der Waals surface area contributed by atoms with E-state index in [9.17, 15) is 0 Å². The van der Waals surface area contributed by atoms with E-state index in [1.165, 1.54) is 11.9 Å². The van der Waals surface area contributed by atoms with Gasteiger partial charge in [-0.15, -0.1) is 0 Å². The summed E-state index contributed by atoms with van der Waals surface area (Å²) < 4.78 is 0. The summed E-state index contributed by atoms with van der Waals surface area (Å²) in [6, 6.07) is 5.78. The van der Waals surface area contributed by atoms with Gasteiger partial charge in [-0.1, -0.05) is 0 Å². The third kappa shape index (κ3) is 2.63. The van der Waals surface area contributed by atoms with Crippen molar-refractivity contribution in [1.29, 1.82) is 0 Å². The summed E-state index contributed by atoms with van der Waals surface area (Å²) in [7, 11) is 0. The molecular formula is C13H13N5S. The molecule has 0 spiro atoms. The van der Waals surface area contributed by atoms with Crippen molar-refractivity contribution < 1.29 is 0 Å². The van der Waals surface area contributed by atoms with Gasteiger partial charge in [-0.05, 0) is 40.9 Å². The van der Waals surface area contributed by atoms with E-state index in [0.717, 1.165) is 24.2 Å². The summed E-state index contributed by atoms with van der Waals surface area (Å²) in [6.45, 7) is 0.827. The Morgan fingerprint density at radius 1 is 1.21 bits per heavy atom. The third-order valence-electron chi connectivity index (χ3n) is 2.80. The van der Waals surface area contributed by atoms with Crippen LogP contribution in [0.4, 0.5) is 11.6 Å². The van der Waals surface area contributed by atoms with Gasteiger partial charge in [-0.2, -0.15) is 11.3 Å². The molecule has 3 aromatic heterocycles. The summed E-state index contributed by atoms with van der Waals surface area (Å²) in [5.74, 6) is 1.27. The van der Waals surface area contributed by atoms with Gasteiger partial charge in [0, 0.05) is 6.54 Å². The number of aromatic nitrogens is 3. The van der Waals surface area contributed by atoms with E-state index in [2.05, 4.69) is 37.1 Å². The van der Waals surface area contributed by atoms with E-state index in [0.29, 0.717) is 11.5 Å². The van der Waals surface area contributed by atoms with E-state index in [1.807, 2.05) is 6.07 Å². The predicted molar refractivity (Wildman–Crippen MR) is 78.3 cm³/mol. The average molecular weight is 271 g/mol. The zero-order chi connectivity index (χ0) is 13.1. The normalized spacial score (nSPS) is 10.7. The van der Waals surface area contributed by atoms with E-state index >= 15 is 0 Å². The van der Waals surface area contributed by atoms with Gasteiger partial charge in [0.25, 0.3) is 0 Å². The molecule has 3 N–H and O–H groups in total. The lowest BCUT2D eigenvalue weighted by Crippen LogP contribution is -2.07. The molecule has 0 saturated heterocycles. The van der Waals surface area contributed by atoms with Gasteiger partial charge < -0.3 is 11.1 Å². The molecular weight excluding hydrogens is 258 g/mol. The van der Waals surface area contributed by atoms with Crippen LogP contribution in [0, 0.1) is 0 Å². The van der Waals surface area contributed by atoms with Crippen LogP contribution >= 0.6 is 11.3 Å². The Bertz CT molecular complexity index is 681. The summed E-state index contributed by atoms with van der Waals surface area (Å²) in [5, 5.41) is 8.45. The molecule has 0 unspecified atom stereocenters.